The van der Waals surface area contributed by atoms with E-state index in [-0.39, 0.29) is 11.3 Å². The molecule has 0 N–H and O–H groups in total. The van der Waals surface area contributed by atoms with Crippen molar-refractivity contribution in [2.75, 3.05) is 32.6 Å². The molecule has 198 valence electrons. The minimum atomic E-state index is -5.38. The van der Waals surface area contributed by atoms with Crippen LogP contribution < -0.4 is 13.8 Å². The van der Waals surface area contributed by atoms with Crippen molar-refractivity contribution < 1.29 is 44.6 Å². The summed E-state index contributed by atoms with van der Waals surface area (Å²) in [7, 11) is -0.664. The van der Waals surface area contributed by atoms with E-state index in [2.05, 4.69) is 0 Å². The van der Waals surface area contributed by atoms with Crippen molar-refractivity contribution in [1.82, 2.24) is 4.90 Å². The molecule has 0 aliphatic carbocycles. The summed E-state index contributed by atoms with van der Waals surface area (Å²) < 4.78 is 111. The monoisotopic (exact) mass is 544 g/mol. The number of anilines is 1. The summed E-state index contributed by atoms with van der Waals surface area (Å²) in [5.41, 5.74) is -1.68. The lowest BCUT2D eigenvalue weighted by Gasteiger charge is -2.27. The number of hydrogen-bond donors (Lipinski definition) is 0. The summed E-state index contributed by atoms with van der Waals surface area (Å²) in [5, 5.41) is 0. The first-order valence-electron chi connectivity index (χ1n) is 10.4. The number of rotatable bonds is 8. The zero-order chi connectivity index (χ0) is 27.7. The quantitative estimate of drug-likeness (QED) is 0.237. The summed E-state index contributed by atoms with van der Waals surface area (Å²) in [6.07, 6.45) is 0. The number of hydrogen-bond acceptors (Lipinski definition) is 5. The number of carbonyl (C=O) groups excluding carboxylic acids is 1. The van der Waals surface area contributed by atoms with Gasteiger partial charge in [-0.25, -0.2) is 30.4 Å². The Morgan fingerprint density at radius 2 is 1.43 bits per heavy atom. The van der Waals surface area contributed by atoms with Crippen LogP contribution in [0.25, 0.3) is 0 Å². The maximum Gasteiger partial charge on any atom is 0.268 e. The Hall–Kier alpha value is -3.87. The fourth-order valence-corrected chi connectivity index (χ4v) is 5.08. The molecule has 7 nitrogen and oxygen atoms in total. The highest BCUT2D eigenvalue weighted by Gasteiger charge is 2.40. The lowest BCUT2D eigenvalue weighted by molar-refractivity contribution is 0.0816. The molecule has 0 aliphatic heterocycles. The topological polar surface area (TPSA) is 76.1 Å². The highest BCUT2D eigenvalue weighted by atomic mass is 32.2. The van der Waals surface area contributed by atoms with Gasteiger partial charge in [-0.1, -0.05) is 12.1 Å². The maximum atomic E-state index is 15.1. The maximum absolute atomic E-state index is 15.1. The minimum Gasteiger partial charge on any atom is -0.497 e. The standard InChI is InChI=1S/C24H21F5N2O5S/c1-30(2)24(32)18-19(26)20(27)21(28)22(29)23(18)37(33,34)31(12-13-5-8-15(35-3)9-6-13)14-7-10-17(36-4)16(25)11-14/h5-11H,12H2,1-4H3. The van der Waals surface area contributed by atoms with E-state index in [9.17, 15) is 30.8 Å². The molecule has 13 heteroatoms. The number of carbonyl (C=O) groups is 1. The van der Waals surface area contributed by atoms with Gasteiger partial charge in [0.2, 0.25) is 0 Å². The second kappa shape index (κ2) is 10.6. The fourth-order valence-electron chi connectivity index (χ4n) is 3.40. The number of benzene rings is 3. The van der Waals surface area contributed by atoms with Crippen LogP contribution in [-0.2, 0) is 16.6 Å². The van der Waals surface area contributed by atoms with Crippen LogP contribution in [0.5, 0.6) is 11.5 Å². The molecule has 0 unspecified atom stereocenters. The Morgan fingerprint density at radius 1 is 0.838 bits per heavy atom. The van der Waals surface area contributed by atoms with Gasteiger partial charge >= 0.3 is 0 Å². The largest absolute Gasteiger partial charge is 0.497 e. The van der Waals surface area contributed by atoms with Gasteiger partial charge in [0.1, 0.15) is 16.2 Å². The zero-order valence-corrected chi connectivity index (χ0v) is 20.8. The van der Waals surface area contributed by atoms with Crippen LogP contribution in [0.1, 0.15) is 15.9 Å². The molecule has 0 heterocycles. The van der Waals surface area contributed by atoms with Gasteiger partial charge in [0.05, 0.1) is 26.5 Å². The molecule has 0 fully saturated rings. The van der Waals surface area contributed by atoms with Crippen LogP contribution in [0, 0.1) is 29.1 Å². The normalized spacial score (nSPS) is 11.3. The highest BCUT2D eigenvalue weighted by Crippen LogP contribution is 2.35. The van der Waals surface area contributed by atoms with Gasteiger partial charge < -0.3 is 14.4 Å². The van der Waals surface area contributed by atoms with Gasteiger partial charge in [0.25, 0.3) is 15.9 Å². The first-order valence-corrected chi connectivity index (χ1v) is 11.9. The Morgan fingerprint density at radius 3 is 1.95 bits per heavy atom. The fraction of sp³-hybridized carbons (Fsp3) is 0.208. The smallest absolute Gasteiger partial charge is 0.268 e. The van der Waals surface area contributed by atoms with Crippen molar-refractivity contribution in [3.63, 3.8) is 0 Å². The molecule has 3 rings (SSSR count). The van der Waals surface area contributed by atoms with Crippen LogP contribution in [0.3, 0.4) is 0 Å². The molecular weight excluding hydrogens is 523 g/mol. The number of halogens is 5. The van der Waals surface area contributed by atoms with Gasteiger partial charge in [-0.3, -0.25) is 9.10 Å². The summed E-state index contributed by atoms with van der Waals surface area (Å²) in [6, 6.07) is 8.76. The molecule has 0 spiro atoms. The van der Waals surface area contributed by atoms with Crippen molar-refractivity contribution in [2.24, 2.45) is 0 Å². The summed E-state index contributed by atoms with van der Waals surface area (Å²) >= 11 is 0. The Balaban J connectivity index is 2.34. The van der Waals surface area contributed by atoms with Gasteiger partial charge in [0.15, 0.2) is 34.8 Å². The van der Waals surface area contributed by atoms with E-state index in [0.29, 0.717) is 15.0 Å². The van der Waals surface area contributed by atoms with Crippen LogP contribution >= 0.6 is 0 Å². The van der Waals surface area contributed by atoms with Crippen LogP contribution in [0.15, 0.2) is 47.4 Å². The molecule has 0 bridgehead atoms. The minimum absolute atomic E-state index is 0.251. The van der Waals surface area contributed by atoms with E-state index >= 15 is 4.39 Å². The predicted molar refractivity (Wildman–Crippen MR) is 124 cm³/mol. The molecule has 0 radical (unpaired) electrons. The van der Waals surface area contributed by atoms with E-state index in [1.807, 2.05) is 0 Å². The summed E-state index contributed by atoms with van der Waals surface area (Å²) in [5.74, 6) is -11.6. The first kappa shape index (κ1) is 27.7. The molecule has 0 aliphatic rings. The van der Waals surface area contributed by atoms with Gasteiger partial charge in [-0.2, -0.15) is 0 Å². The van der Waals surface area contributed by atoms with Crippen molar-refractivity contribution in [3.05, 3.63) is 82.7 Å². The van der Waals surface area contributed by atoms with Crippen molar-refractivity contribution >= 4 is 21.6 Å². The Labute approximate surface area is 209 Å². The number of sulfonamides is 1. The SMILES string of the molecule is COc1ccc(CN(c2ccc(OC)c(F)c2)S(=O)(=O)c2c(F)c(F)c(F)c(F)c2C(=O)N(C)C)cc1. The van der Waals surface area contributed by atoms with E-state index < -0.39 is 67.7 Å². The average Bonchev–Trinajstić information content (AvgIpc) is 2.87. The highest BCUT2D eigenvalue weighted by molar-refractivity contribution is 7.92. The second-order valence-electron chi connectivity index (χ2n) is 7.84. The summed E-state index contributed by atoms with van der Waals surface area (Å²) in [6.45, 7) is -0.603. The third kappa shape index (κ3) is 5.17. The van der Waals surface area contributed by atoms with E-state index in [1.165, 1.54) is 38.5 Å². The molecule has 0 aromatic heterocycles. The van der Waals surface area contributed by atoms with Crippen LogP contribution in [0.4, 0.5) is 27.6 Å². The Kier molecular flexibility index (Phi) is 7.96. The average molecular weight is 544 g/mol. The molecule has 0 saturated carbocycles. The number of methoxy groups -OCH3 is 2. The zero-order valence-electron chi connectivity index (χ0n) is 20.0. The number of nitrogens with zero attached hydrogens (tertiary/aromatic N) is 2. The van der Waals surface area contributed by atoms with Crippen LogP contribution in [0.2, 0.25) is 0 Å². The van der Waals surface area contributed by atoms with Crippen molar-refractivity contribution in [3.8, 4) is 11.5 Å². The molecule has 0 atom stereocenters. The Bertz CT molecular complexity index is 1450. The lowest BCUT2D eigenvalue weighted by atomic mass is 10.1. The molecule has 3 aromatic carbocycles. The molecule has 37 heavy (non-hydrogen) atoms. The molecule has 0 saturated heterocycles. The van der Waals surface area contributed by atoms with Gasteiger partial charge in [-0.15, -0.1) is 0 Å². The van der Waals surface area contributed by atoms with Crippen molar-refractivity contribution in [2.45, 2.75) is 11.4 Å². The van der Waals surface area contributed by atoms with Gasteiger partial charge in [-0.05, 0) is 29.8 Å². The number of amides is 1. The lowest BCUT2D eigenvalue weighted by Crippen LogP contribution is -2.35. The third-order valence-electron chi connectivity index (χ3n) is 5.30. The van der Waals surface area contributed by atoms with E-state index in [1.54, 1.807) is 0 Å². The van der Waals surface area contributed by atoms with Crippen molar-refractivity contribution in [1.29, 1.82) is 0 Å². The summed E-state index contributed by atoms with van der Waals surface area (Å²) in [4.78, 5) is 11.5. The van der Waals surface area contributed by atoms with Gasteiger partial charge in [0, 0.05) is 20.2 Å². The molecule has 3 aromatic rings. The van der Waals surface area contributed by atoms with E-state index in [0.717, 1.165) is 32.3 Å². The first-order chi connectivity index (χ1) is 17.3. The third-order valence-corrected chi connectivity index (χ3v) is 7.12. The molecular formula is C24H21F5N2O5S. The number of ether oxygens (including phenoxy) is 2. The molecule has 1 amide bonds. The van der Waals surface area contributed by atoms with E-state index in [4.69, 9.17) is 9.47 Å². The van der Waals surface area contributed by atoms with Crippen LogP contribution in [-0.4, -0.2) is 47.5 Å². The predicted octanol–water partition coefficient (Wildman–Crippen LogP) is 4.50. The second-order valence-corrected chi connectivity index (χ2v) is 9.64.